The number of carbonyl (C=O) groups excluding carboxylic acids is 13. The maximum atomic E-state index is 15.9. The third-order valence-electron chi connectivity index (χ3n) is 17.5. The predicted molar refractivity (Wildman–Crippen MR) is 396 cm³/mol. The van der Waals surface area contributed by atoms with Gasteiger partial charge in [0.25, 0.3) is 0 Å². The molecule has 0 radical (unpaired) electrons. The van der Waals surface area contributed by atoms with Gasteiger partial charge in [-0.2, -0.15) is 0 Å². The molecule has 9 atom stereocenters. The van der Waals surface area contributed by atoms with Crippen LogP contribution in [0.15, 0.2) is 77.9 Å². The Morgan fingerprint density at radius 3 is 1.94 bits per heavy atom. The summed E-state index contributed by atoms with van der Waals surface area (Å²) in [6.45, 7) is 2.01. The van der Waals surface area contributed by atoms with Crippen molar-refractivity contribution in [2.45, 2.75) is 171 Å². The maximum Gasteiger partial charge on any atom is 0.303 e. The van der Waals surface area contributed by atoms with Crippen LogP contribution in [0.5, 0.6) is 5.75 Å². The van der Waals surface area contributed by atoms with Gasteiger partial charge in [-0.3, -0.25) is 72.1 Å². The maximum absolute atomic E-state index is 15.9. The van der Waals surface area contributed by atoms with Gasteiger partial charge >= 0.3 is 5.97 Å². The number of aromatic amines is 1. The second-order valence-corrected chi connectivity index (χ2v) is 29.0. The van der Waals surface area contributed by atoms with E-state index in [-0.39, 0.29) is 79.4 Å². The van der Waals surface area contributed by atoms with E-state index in [4.69, 9.17) is 40.3 Å². The molecule has 0 unspecified atom stereocenters. The number of carbonyl (C=O) groups is 14. The molecule has 23 N–H and O–H groups in total. The highest BCUT2D eigenvalue weighted by Crippen LogP contribution is 2.27. The molecule has 1 saturated carbocycles. The molecule has 4 aromatic rings. The van der Waals surface area contributed by atoms with Gasteiger partial charge < -0.3 is 102 Å². The number of hydrogen-bond acceptors (Lipinski definition) is 19. The normalized spacial score (nSPS) is 21.3. The number of halogens is 2. The fourth-order valence-corrected chi connectivity index (χ4v) is 14.4. The average molecular weight is 1550 g/mol. The number of fused-ring (bicyclic) bond motifs is 1. The molecule has 1 saturated heterocycles. The highest BCUT2D eigenvalue weighted by atomic mass is 35.5. The van der Waals surface area contributed by atoms with Crippen molar-refractivity contribution in [3.8, 4) is 5.75 Å². The third-order valence-corrected chi connectivity index (χ3v) is 20.3. The summed E-state index contributed by atoms with van der Waals surface area (Å²) in [5.41, 5.74) is 29.5. The van der Waals surface area contributed by atoms with Crippen molar-refractivity contribution in [3.05, 3.63) is 100 Å². The number of phenols is 1. The van der Waals surface area contributed by atoms with Crippen LogP contribution in [0, 0.1) is 11.7 Å². The zero-order valence-corrected chi connectivity index (χ0v) is 61.5. The molecule has 0 bridgehead atoms. The number of nitrogens with two attached hydrogens (primary N) is 5. The van der Waals surface area contributed by atoms with E-state index in [2.05, 4.69) is 63.1 Å². The number of para-hydroxylation sites is 1. The number of carboxylic acid groups (broad SMARTS) is 1. The summed E-state index contributed by atoms with van der Waals surface area (Å²) >= 11 is 6.20. The van der Waals surface area contributed by atoms with Gasteiger partial charge in [0, 0.05) is 99.2 Å². The molecule has 107 heavy (non-hydrogen) atoms. The molecular formula is C69H94ClFN18O16S2. The minimum absolute atomic E-state index is 0.00384. The van der Waals surface area contributed by atoms with E-state index >= 15 is 9.18 Å². The number of hydrogen-bond donors (Lipinski definition) is 18. The van der Waals surface area contributed by atoms with E-state index in [1.807, 2.05) is 0 Å². The van der Waals surface area contributed by atoms with E-state index in [0.29, 0.717) is 34.9 Å². The number of guanidine groups is 1. The van der Waals surface area contributed by atoms with Crippen LogP contribution in [0.3, 0.4) is 0 Å². The van der Waals surface area contributed by atoms with Crippen LogP contribution >= 0.6 is 33.2 Å². The first-order valence-electron chi connectivity index (χ1n) is 34.7. The van der Waals surface area contributed by atoms with Crippen LogP contribution in [-0.2, 0) is 86.4 Å². The Bertz CT molecular complexity index is 3860. The Hall–Kier alpha value is -10.3. The van der Waals surface area contributed by atoms with Crippen LogP contribution in [0.2, 0.25) is 5.02 Å². The average Bonchev–Trinajstić information content (AvgIpc) is 1.75. The van der Waals surface area contributed by atoms with Crippen molar-refractivity contribution in [2.75, 3.05) is 37.7 Å². The number of nitrogens with zero attached hydrogens (tertiary/aromatic N) is 2. The van der Waals surface area contributed by atoms with Crippen LogP contribution in [-0.4, -0.2) is 207 Å². The highest BCUT2D eigenvalue weighted by Gasteiger charge is 2.38. The Balaban J connectivity index is 1.42. The molecule has 13 amide bonds. The first-order valence-corrected chi connectivity index (χ1v) is 37.6. The summed E-state index contributed by atoms with van der Waals surface area (Å²) in [6, 6.07) is 1.34. The Morgan fingerprint density at radius 2 is 1.30 bits per heavy atom. The van der Waals surface area contributed by atoms with Gasteiger partial charge in [0.2, 0.25) is 76.8 Å². The molecule has 2 fully saturated rings. The summed E-state index contributed by atoms with van der Waals surface area (Å²) in [7, 11) is 1.64. The van der Waals surface area contributed by atoms with Gasteiger partial charge in [-0.25, -0.2) is 4.39 Å². The summed E-state index contributed by atoms with van der Waals surface area (Å²) in [5.74, 6) is -16.9. The zero-order chi connectivity index (χ0) is 78.4. The molecule has 38 heteroatoms. The Kier molecular flexibility index (Phi) is 34.2. The van der Waals surface area contributed by atoms with E-state index in [1.165, 1.54) is 61.2 Å². The van der Waals surface area contributed by atoms with Crippen LogP contribution in [0.4, 0.5) is 4.39 Å². The quantitative estimate of drug-likeness (QED) is 0.0146. The summed E-state index contributed by atoms with van der Waals surface area (Å²) in [5, 5.41) is 45.9. The van der Waals surface area contributed by atoms with E-state index in [1.54, 1.807) is 30.5 Å². The number of amides is 13. The first-order chi connectivity index (χ1) is 50.9. The summed E-state index contributed by atoms with van der Waals surface area (Å²) < 4.78 is 15.9. The number of phenolic OH excluding ortho intramolecular Hbond substituents is 1. The minimum atomic E-state index is -1.78. The second-order valence-electron chi connectivity index (χ2n) is 26.1. The molecule has 2 aliphatic rings. The molecule has 2 heterocycles. The lowest BCUT2D eigenvalue weighted by Crippen LogP contribution is -2.61. The number of aromatic nitrogens is 1. The molecule has 0 spiro atoms. The predicted octanol–water partition coefficient (Wildman–Crippen LogP) is -1.60. The lowest BCUT2D eigenvalue weighted by molar-refractivity contribution is -0.139. The van der Waals surface area contributed by atoms with Crippen LogP contribution in [0.1, 0.15) is 108 Å². The number of aliphatic carboxylic acids is 1. The SMILES string of the molecule is CC(C)[C@@H]1NC(=O)[C@@H](NC(=O)[C@H](Cc2ccc(O)cc2)NC(=O)CN(C(=O)CCN)C2CCCC2)CSSC[C@H](C(N)=O)NC(=O)[C@H](CCC(=O)O)NC(=O)[C@H](Cc2c[nH]c3ccccc23)NC(=O)[C@H](CCC(N)=O)NC(=O)CCNC(=O)[C@H](CCCN=C(N)N)NC(=O)[C@H](Cc2cccc(Cl)c2F)NC1=O. The van der Waals surface area contributed by atoms with Gasteiger partial charge in [0.1, 0.15) is 65.9 Å². The smallest absolute Gasteiger partial charge is 0.303 e. The first kappa shape index (κ1) is 85.7. The summed E-state index contributed by atoms with van der Waals surface area (Å²) in [6.07, 6.45) is 0.116. The molecule has 1 aliphatic heterocycles. The molecule has 6 rings (SSSR count). The van der Waals surface area contributed by atoms with E-state index < -0.39 is 206 Å². The standard InChI is InChI=1S/C69H94ClFN18O16S2/c1-36(2)59-68(105)85-49(30-38-9-7-13-43(70)58(38)71)65(102)82-45(15-8-27-78-69(75)76)61(98)77-28-25-54(92)80-46(20-22-53(73)91)62(99)84-50(31-39-32-79-44-14-6-5-12-42(39)44)66(103)83-47(21-23-57(95)96)63(100)86-51(60(74)97)34-106-107-35-52(67(104)88-59)87-64(101)48(29-37-16-18-41(90)19-17-37)81-55(93)33-89(56(94)24-26-72)40-10-3-4-11-40/h5-7,9,12-14,16-19,32,36,40,45-52,59,79,90H,3-4,8,10-11,15,20-31,33-35,72H2,1-2H3,(H2,73,91)(H2,74,97)(H,77,98)(H,80,92)(H,81,93)(H,82,102)(H,83,103)(H,84,99)(H,85,105)(H,86,100)(H,87,101)(H,88,104)(H,95,96)(H4,75,76,78)/t45-,46-,47-,48-,49-,50-,51+,52-,59-/m0/s1. The number of nitrogens with one attached hydrogen (secondary N) is 11. The monoisotopic (exact) mass is 1550 g/mol. The van der Waals surface area contributed by atoms with Crippen molar-refractivity contribution in [1.82, 2.24) is 63.1 Å². The van der Waals surface area contributed by atoms with Crippen LogP contribution < -0.4 is 81.8 Å². The van der Waals surface area contributed by atoms with Gasteiger partial charge in [0.15, 0.2) is 5.96 Å². The largest absolute Gasteiger partial charge is 0.508 e. The van der Waals surface area contributed by atoms with Gasteiger partial charge in [0.05, 0.1) is 11.6 Å². The molecular weight excluding hydrogens is 1460 g/mol. The van der Waals surface area contributed by atoms with Crippen molar-refractivity contribution in [3.63, 3.8) is 0 Å². The fraction of sp³-hybridized carbons (Fsp3) is 0.493. The van der Waals surface area contributed by atoms with Gasteiger partial charge in [-0.1, -0.05) is 102 Å². The Labute approximate surface area is 628 Å². The van der Waals surface area contributed by atoms with Crippen LogP contribution in [0.25, 0.3) is 10.9 Å². The molecule has 1 aliphatic carbocycles. The number of carboxylic acids is 1. The molecule has 582 valence electrons. The number of aromatic hydroxyl groups is 1. The number of H-pyrrole nitrogens is 1. The fourth-order valence-electron chi connectivity index (χ4n) is 11.8. The van der Waals surface area contributed by atoms with Gasteiger partial charge in [-0.05, 0) is 85.4 Å². The number of primary amides is 2. The summed E-state index contributed by atoms with van der Waals surface area (Å²) in [4.78, 5) is 205. The van der Waals surface area contributed by atoms with E-state index in [0.717, 1.165) is 34.4 Å². The molecule has 3 aromatic carbocycles. The van der Waals surface area contributed by atoms with Crippen molar-refractivity contribution < 1.29 is 81.7 Å². The highest BCUT2D eigenvalue weighted by molar-refractivity contribution is 8.76. The van der Waals surface area contributed by atoms with Crippen molar-refractivity contribution in [1.29, 1.82) is 0 Å². The zero-order valence-electron chi connectivity index (χ0n) is 59.1. The molecule has 1 aromatic heterocycles. The number of rotatable bonds is 26. The number of aliphatic imine (C=N–C) groups is 1. The number of benzene rings is 3. The van der Waals surface area contributed by atoms with Gasteiger partial charge in [-0.15, -0.1) is 0 Å². The lowest BCUT2D eigenvalue weighted by atomic mass is 9.99. The van der Waals surface area contributed by atoms with E-state index in [9.17, 15) is 72.5 Å². The van der Waals surface area contributed by atoms with Crippen molar-refractivity contribution in [2.24, 2.45) is 39.6 Å². The minimum Gasteiger partial charge on any atom is -0.508 e. The second kappa shape index (κ2) is 42.8. The van der Waals surface area contributed by atoms with Crippen molar-refractivity contribution >= 4 is 133 Å². The topological polar surface area (TPSA) is 561 Å². The molecule has 34 nitrogen and oxygen atoms in total. The third kappa shape index (κ3) is 27.9. The Morgan fingerprint density at radius 1 is 0.692 bits per heavy atom. The lowest BCUT2D eigenvalue weighted by Gasteiger charge is -2.30.